The van der Waals surface area contributed by atoms with Crippen LogP contribution in [0.1, 0.15) is 31.2 Å². The molecule has 0 fully saturated rings. The summed E-state index contributed by atoms with van der Waals surface area (Å²) in [6.07, 6.45) is -2.49. The molecule has 0 aliphatic rings. The van der Waals surface area contributed by atoms with Crippen LogP contribution >= 0.6 is 11.6 Å². The summed E-state index contributed by atoms with van der Waals surface area (Å²) in [4.78, 5) is 11.6. The van der Waals surface area contributed by atoms with Crippen molar-refractivity contribution in [1.29, 1.82) is 0 Å². The maximum absolute atomic E-state index is 13.0. The second-order valence-corrected chi connectivity index (χ2v) is 6.47. The fraction of sp³-hybridized carbons (Fsp3) is 0.316. The predicted molar refractivity (Wildman–Crippen MR) is 101 cm³/mol. The number of halogens is 4. The minimum Gasteiger partial charge on any atom is -0.490 e. The predicted octanol–water partition coefficient (Wildman–Crippen LogP) is 5.18. The molecule has 0 aliphatic heterocycles. The van der Waals surface area contributed by atoms with Crippen LogP contribution in [0.15, 0.2) is 36.7 Å². The summed E-state index contributed by atoms with van der Waals surface area (Å²) in [6, 6.07) is 6.93. The number of aryl methyl sites for hydroxylation is 1. The molecule has 0 saturated heterocycles. The van der Waals surface area contributed by atoms with Crippen LogP contribution in [-0.4, -0.2) is 26.6 Å². The minimum atomic E-state index is -4.49. The van der Waals surface area contributed by atoms with Gasteiger partial charge in [0, 0.05) is 18.3 Å². The van der Waals surface area contributed by atoms with Crippen molar-refractivity contribution in [2.24, 2.45) is 0 Å². The van der Waals surface area contributed by atoms with Crippen LogP contribution in [0.25, 0.3) is 11.4 Å². The number of rotatable bonds is 6. The molecular formula is C19H18ClF3N4O2. The van der Waals surface area contributed by atoms with Gasteiger partial charge in [-0.25, -0.2) is 9.97 Å². The Morgan fingerprint density at radius 3 is 2.45 bits per heavy atom. The van der Waals surface area contributed by atoms with E-state index in [9.17, 15) is 13.2 Å². The highest BCUT2D eigenvalue weighted by molar-refractivity contribution is 6.28. The Morgan fingerprint density at radius 2 is 1.86 bits per heavy atom. The number of alkyl halides is 3. The van der Waals surface area contributed by atoms with E-state index in [2.05, 4.69) is 15.0 Å². The molecule has 29 heavy (non-hydrogen) atoms. The zero-order chi connectivity index (χ0) is 21.2. The molecule has 1 aromatic carbocycles. The number of imidazole rings is 1. The average molecular weight is 427 g/mol. The second-order valence-electron chi connectivity index (χ2n) is 6.13. The summed E-state index contributed by atoms with van der Waals surface area (Å²) < 4.78 is 51.4. The lowest BCUT2D eigenvalue weighted by Gasteiger charge is -2.16. The number of hydrogen-bond donors (Lipinski definition) is 0. The molecule has 154 valence electrons. The fourth-order valence-corrected chi connectivity index (χ4v) is 2.85. The SMILES string of the molecule is CCn1cc(C(F)(F)F)nc1-c1ccc([C@@H](C)Oc2nc(Cl)ncc2OC)cc1. The van der Waals surface area contributed by atoms with E-state index in [1.807, 2.05) is 0 Å². The van der Waals surface area contributed by atoms with Gasteiger partial charge in [0.05, 0.1) is 13.3 Å². The lowest BCUT2D eigenvalue weighted by Crippen LogP contribution is -2.06. The maximum Gasteiger partial charge on any atom is 0.434 e. The number of ether oxygens (including phenoxy) is 2. The topological polar surface area (TPSA) is 62.1 Å². The van der Waals surface area contributed by atoms with E-state index in [-0.39, 0.29) is 17.0 Å². The summed E-state index contributed by atoms with van der Waals surface area (Å²) in [6.45, 7) is 3.93. The van der Waals surface area contributed by atoms with Crippen molar-refractivity contribution < 1.29 is 22.6 Å². The molecule has 0 bridgehead atoms. The molecule has 10 heteroatoms. The maximum atomic E-state index is 13.0. The van der Waals surface area contributed by atoms with Crippen LogP contribution in [0, 0.1) is 0 Å². The highest BCUT2D eigenvalue weighted by Gasteiger charge is 2.34. The summed E-state index contributed by atoms with van der Waals surface area (Å²) in [7, 11) is 1.46. The van der Waals surface area contributed by atoms with Crippen LogP contribution in [0.2, 0.25) is 5.28 Å². The fourth-order valence-electron chi connectivity index (χ4n) is 2.72. The zero-order valence-corrected chi connectivity index (χ0v) is 16.6. The van der Waals surface area contributed by atoms with Crippen molar-refractivity contribution in [3.63, 3.8) is 0 Å². The summed E-state index contributed by atoms with van der Waals surface area (Å²) in [5, 5.41) is 0.0234. The first-order chi connectivity index (χ1) is 13.7. The first-order valence-corrected chi connectivity index (χ1v) is 9.08. The quantitative estimate of drug-likeness (QED) is 0.508. The molecule has 3 aromatic rings. The molecule has 0 unspecified atom stereocenters. The highest BCUT2D eigenvalue weighted by Crippen LogP contribution is 2.32. The van der Waals surface area contributed by atoms with E-state index >= 15 is 0 Å². The molecule has 1 atom stereocenters. The van der Waals surface area contributed by atoms with Gasteiger partial charge in [0.1, 0.15) is 11.9 Å². The minimum absolute atomic E-state index is 0.0234. The molecule has 0 N–H and O–H groups in total. The molecule has 0 saturated carbocycles. The average Bonchev–Trinajstić information content (AvgIpc) is 3.13. The standard InChI is InChI=1S/C19H18ClF3N4O2/c1-4-27-10-15(19(21,22)23)25-16(27)13-7-5-12(6-8-13)11(2)29-17-14(28-3)9-24-18(20)26-17/h5-11H,4H2,1-3H3/t11-/m1/s1. The van der Waals surface area contributed by atoms with Crippen LogP contribution < -0.4 is 9.47 Å². The van der Waals surface area contributed by atoms with E-state index < -0.39 is 18.0 Å². The van der Waals surface area contributed by atoms with Crippen molar-refractivity contribution in [2.75, 3.05) is 7.11 Å². The number of nitrogens with zero attached hydrogens (tertiary/aromatic N) is 4. The van der Waals surface area contributed by atoms with Gasteiger partial charge in [0.25, 0.3) is 5.88 Å². The van der Waals surface area contributed by atoms with Crippen LogP contribution in [0.5, 0.6) is 11.6 Å². The van der Waals surface area contributed by atoms with Crippen molar-refractivity contribution >= 4 is 11.6 Å². The van der Waals surface area contributed by atoms with Crippen LogP contribution in [-0.2, 0) is 12.7 Å². The van der Waals surface area contributed by atoms with Gasteiger partial charge in [0.15, 0.2) is 11.4 Å². The molecule has 0 aliphatic carbocycles. The Labute approximate surface area is 170 Å². The van der Waals surface area contributed by atoms with Gasteiger partial charge in [0.2, 0.25) is 5.28 Å². The number of methoxy groups -OCH3 is 1. The smallest absolute Gasteiger partial charge is 0.434 e. The number of benzene rings is 1. The lowest BCUT2D eigenvalue weighted by atomic mass is 10.1. The van der Waals surface area contributed by atoms with Crippen molar-refractivity contribution in [3.8, 4) is 23.0 Å². The Bertz CT molecular complexity index is 990. The van der Waals surface area contributed by atoms with Crippen molar-refractivity contribution in [2.45, 2.75) is 32.7 Å². The van der Waals surface area contributed by atoms with Gasteiger partial charge >= 0.3 is 6.18 Å². The third-order valence-corrected chi connectivity index (χ3v) is 4.43. The molecule has 2 heterocycles. The zero-order valence-electron chi connectivity index (χ0n) is 15.9. The summed E-state index contributed by atoms with van der Waals surface area (Å²) >= 11 is 5.81. The number of aromatic nitrogens is 4. The van der Waals surface area contributed by atoms with Gasteiger partial charge in [-0.05, 0) is 31.0 Å². The molecule has 2 aromatic heterocycles. The molecule has 0 radical (unpaired) electrons. The van der Waals surface area contributed by atoms with Gasteiger partial charge < -0.3 is 14.0 Å². The van der Waals surface area contributed by atoms with E-state index in [0.29, 0.717) is 17.9 Å². The number of hydrogen-bond acceptors (Lipinski definition) is 5. The van der Waals surface area contributed by atoms with Gasteiger partial charge in [-0.2, -0.15) is 18.2 Å². The first kappa shape index (κ1) is 20.9. The molecule has 6 nitrogen and oxygen atoms in total. The van der Waals surface area contributed by atoms with Crippen LogP contribution in [0.3, 0.4) is 0 Å². The lowest BCUT2D eigenvalue weighted by molar-refractivity contribution is -0.140. The Kier molecular flexibility index (Phi) is 5.97. The summed E-state index contributed by atoms with van der Waals surface area (Å²) in [5.74, 6) is 0.784. The third kappa shape index (κ3) is 4.61. The van der Waals surface area contributed by atoms with Crippen molar-refractivity contribution in [1.82, 2.24) is 19.5 Å². The molecule has 0 amide bonds. The monoisotopic (exact) mass is 426 g/mol. The molecule has 0 spiro atoms. The molecule has 3 rings (SSSR count). The van der Waals surface area contributed by atoms with Gasteiger partial charge in [-0.1, -0.05) is 24.3 Å². The molecular weight excluding hydrogens is 409 g/mol. The van der Waals surface area contributed by atoms with Gasteiger partial charge in [-0.3, -0.25) is 0 Å². The van der Waals surface area contributed by atoms with Crippen molar-refractivity contribution in [3.05, 3.63) is 53.2 Å². The van der Waals surface area contributed by atoms with Crippen LogP contribution in [0.4, 0.5) is 13.2 Å². The van der Waals surface area contributed by atoms with Gasteiger partial charge in [-0.15, -0.1) is 0 Å². The van der Waals surface area contributed by atoms with E-state index in [1.165, 1.54) is 17.9 Å². The normalized spacial score (nSPS) is 12.7. The third-order valence-electron chi connectivity index (χ3n) is 4.25. The van der Waals surface area contributed by atoms with E-state index in [1.54, 1.807) is 38.1 Å². The highest BCUT2D eigenvalue weighted by atomic mass is 35.5. The largest absolute Gasteiger partial charge is 0.490 e. The Morgan fingerprint density at radius 1 is 1.17 bits per heavy atom. The first-order valence-electron chi connectivity index (χ1n) is 8.70. The van der Waals surface area contributed by atoms with E-state index in [0.717, 1.165) is 11.8 Å². The Balaban J connectivity index is 1.84. The Hall–Kier alpha value is -2.81. The summed E-state index contributed by atoms with van der Waals surface area (Å²) in [5.41, 5.74) is 0.444. The van der Waals surface area contributed by atoms with E-state index in [4.69, 9.17) is 21.1 Å². The second kappa shape index (κ2) is 8.28.